The Morgan fingerprint density at radius 1 is 1.28 bits per heavy atom. The molecular formula is C15H20N2O. The van der Waals surface area contributed by atoms with Gasteiger partial charge in [-0.05, 0) is 50.8 Å². The zero-order chi connectivity index (χ0) is 12.4. The second kappa shape index (κ2) is 4.73. The van der Waals surface area contributed by atoms with Crippen molar-refractivity contribution in [3.05, 3.63) is 35.9 Å². The van der Waals surface area contributed by atoms with Gasteiger partial charge >= 0.3 is 0 Å². The molecule has 2 aliphatic rings. The third-order valence-electron chi connectivity index (χ3n) is 4.31. The van der Waals surface area contributed by atoms with Crippen LogP contribution >= 0.6 is 0 Å². The molecule has 1 atom stereocenters. The first-order valence-electron chi connectivity index (χ1n) is 6.88. The molecule has 1 aliphatic heterocycles. The van der Waals surface area contributed by atoms with E-state index >= 15 is 0 Å². The van der Waals surface area contributed by atoms with Crippen LogP contribution in [0, 0.1) is 0 Å². The molecule has 0 radical (unpaired) electrons. The minimum atomic E-state index is 0.0666. The van der Waals surface area contributed by atoms with Gasteiger partial charge in [0.15, 0.2) is 0 Å². The molecule has 18 heavy (non-hydrogen) atoms. The molecule has 2 fully saturated rings. The van der Waals surface area contributed by atoms with Gasteiger partial charge < -0.3 is 10.6 Å². The van der Waals surface area contributed by atoms with E-state index in [0.29, 0.717) is 11.6 Å². The van der Waals surface area contributed by atoms with Crippen LogP contribution in [0.15, 0.2) is 30.3 Å². The van der Waals surface area contributed by atoms with Crippen LogP contribution in [-0.4, -0.2) is 24.0 Å². The van der Waals surface area contributed by atoms with Crippen molar-refractivity contribution in [3.8, 4) is 0 Å². The second-order valence-electron chi connectivity index (χ2n) is 5.59. The van der Waals surface area contributed by atoms with Gasteiger partial charge in [0, 0.05) is 17.1 Å². The Hall–Kier alpha value is -1.35. The van der Waals surface area contributed by atoms with Gasteiger partial charge in [-0.25, -0.2) is 0 Å². The first-order valence-corrected chi connectivity index (χ1v) is 6.88. The summed E-state index contributed by atoms with van der Waals surface area (Å²) in [7, 11) is 0. The van der Waals surface area contributed by atoms with Crippen molar-refractivity contribution in [3.63, 3.8) is 0 Å². The molecule has 3 heteroatoms. The Labute approximate surface area is 108 Å². The number of amides is 1. The van der Waals surface area contributed by atoms with Crippen LogP contribution in [0.25, 0.3) is 0 Å². The maximum absolute atomic E-state index is 12.1. The highest BCUT2D eigenvalue weighted by molar-refractivity contribution is 5.94. The Morgan fingerprint density at radius 2 is 2.06 bits per heavy atom. The van der Waals surface area contributed by atoms with Crippen molar-refractivity contribution >= 4 is 5.91 Å². The number of carbonyl (C=O) groups excluding carboxylic acids is 1. The van der Waals surface area contributed by atoms with E-state index in [1.165, 1.54) is 19.3 Å². The van der Waals surface area contributed by atoms with Gasteiger partial charge in [0.2, 0.25) is 0 Å². The average Bonchev–Trinajstić information content (AvgIpc) is 2.38. The van der Waals surface area contributed by atoms with Gasteiger partial charge in [0.05, 0.1) is 0 Å². The van der Waals surface area contributed by atoms with Gasteiger partial charge in [-0.2, -0.15) is 0 Å². The maximum Gasteiger partial charge on any atom is 0.251 e. The van der Waals surface area contributed by atoms with Crippen LogP contribution in [0.1, 0.15) is 42.5 Å². The summed E-state index contributed by atoms with van der Waals surface area (Å²) in [6, 6.07) is 9.82. The first kappa shape index (κ1) is 11.7. The molecule has 1 heterocycles. The van der Waals surface area contributed by atoms with Crippen molar-refractivity contribution in [2.75, 3.05) is 6.54 Å². The lowest BCUT2D eigenvalue weighted by atomic mass is 9.70. The third kappa shape index (κ3) is 2.27. The smallest absolute Gasteiger partial charge is 0.251 e. The Balaban J connectivity index is 1.61. The molecule has 1 aliphatic carbocycles. The van der Waals surface area contributed by atoms with Crippen LogP contribution in [0.2, 0.25) is 0 Å². The highest BCUT2D eigenvalue weighted by Crippen LogP contribution is 2.38. The lowest BCUT2D eigenvalue weighted by Gasteiger charge is -2.48. The largest absolute Gasteiger partial charge is 0.349 e. The molecule has 96 valence electrons. The van der Waals surface area contributed by atoms with Gasteiger partial charge in [0.1, 0.15) is 0 Å². The van der Waals surface area contributed by atoms with Gasteiger partial charge in [-0.1, -0.05) is 18.2 Å². The number of carbonyl (C=O) groups is 1. The van der Waals surface area contributed by atoms with Gasteiger partial charge in [0.25, 0.3) is 5.91 Å². The predicted octanol–water partition coefficient (Wildman–Crippen LogP) is 2.09. The van der Waals surface area contributed by atoms with E-state index in [-0.39, 0.29) is 5.91 Å². The molecule has 3 nitrogen and oxygen atoms in total. The maximum atomic E-state index is 12.1. The number of rotatable bonds is 2. The molecule has 1 saturated carbocycles. The molecule has 0 aromatic heterocycles. The summed E-state index contributed by atoms with van der Waals surface area (Å²) in [4.78, 5) is 12.1. The van der Waals surface area contributed by atoms with Crippen LogP contribution in [0.4, 0.5) is 0 Å². The Bertz CT molecular complexity index is 425. The van der Waals surface area contributed by atoms with E-state index in [9.17, 15) is 4.79 Å². The molecule has 3 rings (SSSR count). The van der Waals surface area contributed by atoms with Crippen LogP contribution < -0.4 is 10.6 Å². The molecule has 1 saturated heterocycles. The molecular weight excluding hydrogens is 224 g/mol. The molecule has 0 bridgehead atoms. The van der Waals surface area contributed by atoms with Crippen LogP contribution in [0.5, 0.6) is 0 Å². The molecule has 1 aromatic rings. The summed E-state index contributed by atoms with van der Waals surface area (Å²) in [6.45, 7) is 1.03. The van der Waals surface area contributed by atoms with E-state index in [1.54, 1.807) is 0 Å². The zero-order valence-corrected chi connectivity index (χ0v) is 10.6. The average molecular weight is 244 g/mol. The standard InChI is InChI=1S/C15H20N2O/c18-14(12-5-2-1-3-6-12)17-13-7-10-16-15(11-13)8-4-9-15/h1-3,5-6,13,16H,4,7-11H2,(H,17,18). The molecule has 1 amide bonds. The summed E-state index contributed by atoms with van der Waals surface area (Å²) in [5, 5.41) is 6.80. The van der Waals surface area contributed by atoms with E-state index in [1.807, 2.05) is 30.3 Å². The van der Waals surface area contributed by atoms with Crippen molar-refractivity contribution in [2.45, 2.75) is 43.7 Å². The minimum Gasteiger partial charge on any atom is -0.349 e. The number of hydrogen-bond acceptors (Lipinski definition) is 2. The van der Waals surface area contributed by atoms with Gasteiger partial charge in [-0.15, -0.1) is 0 Å². The van der Waals surface area contributed by atoms with Crippen molar-refractivity contribution < 1.29 is 4.79 Å². The lowest BCUT2D eigenvalue weighted by molar-refractivity contribution is 0.0853. The highest BCUT2D eigenvalue weighted by atomic mass is 16.1. The van der Waals surface area contributed by atoms with E-state index in [4.69, 9.17) is 0 Å². The lowest BCUT2D eigenvalue weighted by Crippen LogP contribution is -2.59. The fraction of sp³-hybridized carbons (Fsp3) is 0.533. The Kier molecular flexibility index (Phi) is 3.08. The zero-order valence-electron chi connectivity index (χ0n) is 10.6. The molecule has 1 aromatic carbocycles. The number of piperidine rings is 1. The van der Waals surface area contributed by atoms with Crippen molar-refractivity contribution in [1.29, 1.82) is 0 Å². The van der Waals surface area contributed by atoms with Crippen LogP contribution in [0.3, 0.4) is 0 Å². The monoisotopic (exact) mass is 244 g/mol. The molecule has 1 unspecified atom stereocenters. The van der Waals surface area contributed by atoms with Crippen molar-refractivity contribution in [2.24, 2.45) is 0 Å². The number of benzene rings is 1. The fourth-order valence-corrected chi connectivity index (χ4v) is 3.12. The van der Waals surface area contributed by atoms with E-state index in [0.717, 1.165) is 24.9 Å². The summed E-state index contributed by atoms with van der Waals surface area (Å²) in [5.41, 5.74) is 1.10. The summed E-state index contributed by atoms with van der Waals surface area (Å²) < 4.78 is 0. The quantitative estimate of drug-likeness (QED) is 0.836. The highest BCUT2D eigenvalue weighted by Gasteiger charge is 2.41. The second-order valence-corrected chi connectivity index (χ2v) is 5.59. The van der Waals surface area contributed by atoms with E-state index in [2.05, 4.69) is 10.6 Å². The third-order valence-corrected chi connectivity index (χ3v) is 4.31. The minimum absolute atomic E-state index is 0.0666. The van der Waals surface area contributed by atoms with Crippen molar-refractivity contribution in [1.82, 2.24) is 10.6 Å². The number of hydrogen-bond donors (Lipinski definition) is 2. The molecule has 1 spiro atoms. The topological polar surface area (TPSA) is 41.1 Å². The summed E-state index contributed by atoms with van der Waals surface area (Å²) in [5.74, 6) is 0.0666. The summed E-state index contributed by atoms with van der Waals surface area (Å²) in [6.07, 6.45) is 5.99. The predicted molar refractivity (Wildman–Crippen MR) is 71.5 cm³/mol. The fourth-order valence-electron chi connectivity index (χ4n) is 3.12. The number of nitrogens with one attached hydrogen (secondary N) is 2. The van der Waals surface area contributed by atoms with Gasteiger partial charge in [-0.3, -0.25) is 4.79 Å². The normalized spacial score (nSPS) is 25.4. The summed E-state index contributed by atoms with van der Waals surface area (Å²) >= 11 is 0. The van der Waals surface area contributed by atoms with E-state index < -0.39 is 0 Å². The van der Waals surface area contributed by atoms with Crippen LogP contribution in [-0.2, 0) is 0 Å². The SMILES string of the molecule is O=C(NC1CCNC2(CCC2)C1)c1ccccc1. The molecule has 2 N–H and O–H groups in total. The Morgan fingerprint density at radius 3 is 2.72 bits per heavy atom. The first-order chi connectivity index (χ1) is 8.77.